The molecule has 0 heterocycles. The Hall–Kier alpha value is -1.74. The summed E-state index contributed by atoms with van der Waals surface area (Å²) in [5.74, 6) is 0.541. The molecular weight excluding hydrogens is 244 g/mol. The van der Waals surface area contributed by atoms with Gasteiger partial charge in [-0.3, -0.25) is 9.00 Å². The van der Waals surface area contributed by atoms with Gasteiger partial charge in [0.05, 0.1) is 0 Å². The summed E-state index contributed by atoms with van der Waals surface area (Å²) in [5, 5.41) is 0. The van der Waals surface area contributed by atoms with Crippen molar-refractivity contribution in [1.82, 2.24) is 0 Å². The summed E-state index contributed by atoms with van der Waals surface area (Å²) in [4.78, 5) is 12.1. The van der Waals surface area contributed by atoms with Crippen LogP contribution in [0.15, 0.2) is 54.6 Å². The van der Waals surface area contributed by atoms with E-state index >= 15 is 0 Å². The second-order valence-electron chi connectivity index (χ2n) is 4.11. The molecule has 0 radical (unpaired) electrons. The third kappa shape index (κ3) is 3.14. The molecule has 0 saturated heterocycles. The highest BCUT2D eigenvalue weighted by Gasteiger charge is 2.08. The van der Waals surface area contributed by atoms with Crippen LogP contribution in [0, 0.1) is 0 Å². The van der Waals surface area contributed by atoms with Crippen LogP contribution in [-0.4, -0.2) is 16.2 Å². The predicted octanol–water partition coefficient (Wildman–Crippen LogP) is 2.80. The zero-order chi connectivity index (χ0) is 13.0. The monoisotopic (exact) mass is 258 g/mol. The van der Waals surface area contributed by atoms with E-state index in [1.807, 2.05) is 30.3 Å². The average Bonchev–Trinajstić information content (AvgIpc) is 2.39. The lowest BCUT2D eigenvalue weighted by Crippen LogP contribution is -2.01. The van der Waals surface area contributed by atoms with Crippen molar-refractivity contribution < 1.29 is 9.00 Å². The summed E-state index contributed by atoms with van der Waals surface area (Å²) in [6, 6.07) is 16.5. The van der Waals surface area contributed by atoms with Gasteiger partial charge >= 0.3 is 0 Å². The molecule has 1 unspecified atom stereocenters. The van der Waals surface area contributed by atoms with E-state index < -0.39 is 10.8 Å². The highest BCUT2D eigenvalue weighted by atomic mass is 32.2. The summed E-state index contributed by atoms with van der Waals surface area (Å²) in [5.41, 5.74) is 2.33. The van der Waals surface area contributed by atoms with E-state index in [9.17, 15) is 9.00 Å². The second-order valence-corrected chi connectivity index (χ2v) is 5.54. The quantitative estimate of drug-likeness (QED) is 0.790. The molecule has 2 aromatic rings. The molecule has 1 atom stereocenters. The van der Waals surface area contributed by atoms with Crippen molar-refractivity contribution in [1.29, 1.82) is 0 Å². The van der Waals surface area contributed by atoms with Gasteiger partial charge < -0.3 is 0 Å². The number of ketones is 1. The standard InChI is InChI=1S/C15H14O2S/c1-18(17)11-12-7-9-14(10-8-12)15(16)13-5-3-2-4-6-13/h2-10H,11H2,1H3. The third-order valence-corrected chi connectivity index (χ3v) is 3.36. The molecule has 0 fully saturated rings. The van der Waals surface area contributed by atoms with Crippen LogP contribution >= 0.6 is 0 Å². The van der Waals surface area contributed by atoms with Crippen molar-refractivity contribution in [3.63, 3.8) is 0 Å². The molecular formula is C15H14O2S. The molecule has 0 aromatic heterocycles. The fourth-order valence-corrected chi connectivity index (χ4v) is 2.41. The largest absolute Gasteiger partial charge is 0.289 e. The number of carbonyl (C=O) groups excluding carboxylic acids is 1. The van der Waals surface area contributed by atoms with Gasteiger partial charge in [0.2, 0.25) is 0 Å². The van der Waals surface area contributed by atoms with Crippen LogP contribution in [0.1, 0.15) is 21.5 Å². The van der Waals surface area contributed by atoms with Gasteiger partial charge in [0, 0.05) is 33.9 Å². The van der Waals surface area contributed by atoms with Crippen LogP contribution in [0.4, 0.5) is 0 Å². The van der Waals surface area contributed by atoms with Crippen molar-refractivity contribution in [3.8, 4) is 0 Å². The smallest absolute Gasteiger partial charge is 0.193 e. The first-order valence-electron chi connectivity index (χ1n) is 5.65. The van der Waals surface area contributed by atoms with Gasteiger partial charge in [-0.2, -0.15) is 0 Å². The van der Waals surface area contributed by atoms with Gasteiger partial charge in [-0.1, -0.05) is 54.6 Å². The zero-order valence-corrected chi connectivity index (χ0v) is 10.9. The van der Waals surface area contributed by atoms with E-state index in [1.54, 1.807) is 30.5 Å². The molecule has 3 heteroatoms. The fraction of sp³-hybridized carbons (Fsp3) is 0.133. The maximum absolute atomic E-state index is 12.1. The number of rotatable bonds is 4. The summed E-state index contributed by atoms with van der Waals surface area (Å²) in [6.45, 7) is 0. The molecule has 92 valence electrons. The number of benzene rings is 2. The lowest BCUT2D eigenvalue weighted by atomic mass is 10.0. The molecule has 0 bridgehead atoms. The highest BCUT2D eigenvalue weighted by Crippen LogP contribution is 2.11. The van der Waals surface area contributed by atoms with Gasteiger partial charge in [-0.15, -0.1) is 0 Å². The van der Waals surface area contributed by atoms with Crippen LogP contribution in [0.3, 0.4) is 0 Å². The first-order valence-corrected chi connectivity index (χ1v) is 7.38. The maximum Gasteiger partial charge on any atom is 0.193 e. The van der Waals surface area contributed by atoms with E-state index in [1.165, 1.54) is 0 Å². The van der Waals surface area contributed by atoms with Crippen molar-refractivity contribution in [2.24, 2.45) is 0 Å². The summed E-state index contributed by atoms with van der Waals surface area (Å²) < 4.78 is 11.1. The Bertz CT molecular complexity index is 559. The molecule has 2 nitrogen and oxygen atoms in total. The minimum Gasteiger partial charge on any atom is -0.289 e. The van der Waals surface area contributed by atoms with E-state index in [-0.39, 0.29) is 5.78 Å². The molecule has 2 rings (SSSR count). The zero-order valence-electron chi connectivity index (χ0n) is 10.1. The molecule has 0 saturated carbocycles. The van der Waals surface area contributed by atoms with E-state index in [2.05, 4.69) is 0 Å². The van der Waals surface area contributed by atoms with Crippen LogP contribution in [0.5, 0.6) is 0 Å². The Morgan fingerprint density at radius 2 is 1.50 bits per heavy atom. The molecule has 0 aliphatic rings. The van der Waals surface area contributed by atoms with Crippen molar-refractivity contribution in [2.75, 3.05) is 6.26 Å². The first kappa shape index (κ1) is 12.7. The van der Waals surface area contributed by atoms with Crippen LogP contribution in [-0.2, 0) is 16.6 Å². The maximum atomic E-state index is 12.1. The van der Waals surface area contributed by atoms with Crippen LogP contribution in [0.2, 0.25) is 0 Å². The van der Waals surface area contributed by atoms with Crippen LogP contribution in [0.25, 0.3) is 0 Å². The summed E-state index contributed by atoms with van der Waals surface area (Å²) >= 11 is 0. The van der Waals surface area contributed by atoms with E-state index in [4.69, 9.17) is 0 Å². The molecule has 0 amide bonds. The van der Waals surface area contributed by atoms with Gasteiger partial charge in [-0.05, 0) is 5.56 Å². The molecule has 0 N–H and O–H groups in total. The molecule has 2 aromatic carbocycles. The minimum atomic E-state index is -0.855. The number of hydrogen-bond acceptors (Lipinski definition) is 2. The normalized spacial score (nSPS) is 12.1. The van der Waals surface area contributed by atoms with Gasteiger partial charge in [0.25, 0.3) is 0 Å². The lowest BCUT2D eigenvalue weighted by Gasteiger charge is -2.03. The highest BCUT2D eigenvalue weighted by molar-refractivity contribution is 7.83. The number of hydrogen-bond donors (Lipinski definition) is 0. The Labute approximate surface area is 109 Å². The van der Waals surface area contributed by atoms with E-state index in [0.29, 0.717) is 16.9 Å². The Morgan fingerprint density at radius 3 is 2.06 bits per heavy atom. The third-order valence-electron chi connectivity index (χ3n) is 2.62. The van der Waals surface area contributed by atoms with Gasteiger partial charge in [-0.25, -0.2) is 0 Å². The Balaban J connectivity index is 2.20. The van der Waals surface area contributed by atoms with E-state index in [0.717, 1.165) is 5.56 Å². The SMILES string of the molecule is CS(=O)Cc1ccc(C(=O)c2ccccc2)cc1. The molecule has 0 aliphatic carbocycles. The summed E-state index contributed by atoms with van der Waals surface area (Å²) in [7, 11) is -0.855. The topological polar surface area (TPSA) is 34.1 Å². The Kier molecular flexibility index (Phi) is 4.05. The van der Waals surface area contributed by atoms with Crippen molar-refractivity contribution in [3.05, 3.63) is 71.3 Å². The molecule has 0 spiro atoms. The molecule has 18 heavy (non-hydrogen) atoms. The Morgan fingerprint density at radius 1 is 0.944 bits per heavy atom. The summed E-state index contributed by atoms with van der Waals surface area (Å²) in [6.07, 6.45) is 1.67. The molecule has 0 aliphatic heterocycles. The van der Waals surface area contributed by atoms with Crippen molar-refractivity contribution in [2.45, 2.75) is 5.75 Å². The minimum absolute atomic E-state index is 0.0137. The van der Waals surface area contributed by atoms with Crippen LogP contribution < -0.4 is 0 Å². The lowest BCUT2D eigenvalue weighted by molar-refractivity contribution is 0.103. The fourth-order valence-electron chi connectivity index (χ4n) is 1.74. The second kappa shape index (κ2) is 5.74. The van der Waals surface area contributed by atoms with Gasteiger partial charge in [0.1, 0.15) is 0 Å². The average molecular weight is 258 g/mol. The predicted molar refractivity (Wildman–Crippen MR) is 74.1 cm³/mol. The first-order chi connectivity index (χ1) is 8.66. The number of carbonyl (C=O) groups is 1. The van der Waals surface area contributed by atoms with Crippen molar-refractivity contribution >= 4 is 16.6 Å². The van der Waals surface area contributed by atoms with Gasteiger partial charge in [0.15, 0.2) is 5.78 Å².